The molecule has 1 aromatic heterocycles. The predicted molar refractivity (Wildman–Crippen MR) is 78.0 cm³/mol. The van der Waals surface area contributed by atoms with E-state index in [1.807, 2.05) is 19.4 Å². The number of nitrogens with zero attached hydrogens (tertiary/aromatic N) is 3. The number of nitrogens with two attached hydrogens (primary N) is 1. The summed E-state index contributed by atoms with van der Waals surface area (Å²) in [5.41, 5.74) is 7.43. The topological polar surface area (TPSA) is 76.2 Å². The molecule has 20 heavy (non-hydrogen) atoms. The van der Waals surface area contributed by atoms with Gasteiger partial charge in [-0.25, -0.2) is 0 Å². The molecule has 6 heteroatoms. The molecule has 0 radical (unpaired) electrons. The molecule has 0 saturated carbocycles. The molecule has 3 atom stereocenters. The van der Waals surface area contributed by atoms with Crippen LogP contribution < -0.4 is 11.1 Å². The van der Waals surface area contributed by atoms with Gasteiger partial charge in [0, 0.05) is 31.9 Å². The number of likely N-dealkylation sites (N-methyl/N-ethyl adjacent to an activating group) is 1. The second-order valence-corrected chi connectivity index (χ2v) is 5.47. The number of hydrogen-bond acceptors (Lipinski definition) is 4. The molecule has 0 spiro atoms. The van der Waals surface area contributed by atoms with Crippen LogP contribution in [0.5, 0.6) is 0 Å². The monoisotopic (exact) mass is 279 g/mol. The summed E-state index contributed by atoms with van der Waals surface area (Å²) in [6.45, 7) is 2.99. The molecule has 0 aromatic carbocycles. The van der Waals surface area contributed by atoms with Gasteiger partial charge >= 0.3 is 0 Å². The Morgan fingerprint density at radius 3 is 2.95 bits per heavy atom. The van der Waals surface area contributed by atoms with E-state index in [0.717, 1.165) is 31.4 Å². The average molecular weight is 279 g/mol. The molecule has 1 aliphatic heterocycles. The van der Waals surface area contributed by atoms with Crippen molar-refractivity contribution in [1.82, 2.24) is 20.0 Å². The SMILES string of the molecule is CCC(N)C(c1cnn(C)c1)N1CCCC1C(=O)NC. The first-order valence-corrected chi connectivity index (χ1v) is 7.30. The summed E-state index contributed by atoms with van der Waals surface area (Å²) in [7, 11) is 3.59. The third-order valence-corrected chi connectivity index (χ3v) is 4.14. The number of amides is 1. The lowest BCUT2D eigenvalue weighted by Crippen LogP contribution is -2.48. The van der Waals surface area contributed by atoms with Gasteiger partial charge in [-0.3, -0.25) is 14.4 Å². The molecule has 3 unspecified atom stereocenters. The predicted octanol–water partition coefficient (Wildman–Crippen LogP) is 0.409. The highest BCUT2D eigenvalue weighted by atomic mass is 16.2. The first kappa shape index (κ1) is 15.0. The number of carbonyl (C=O) groups excluding carboxylic acids is 1. The minimum Gasteiger partial charge on any atom is -0.358 e. The molecule has 3 N–H and O–H groups in total. The molecule has 0 aliphatic carbocycles. The van der Waals surface area contributed by atoms with Gasteiger partial charge in [-0.05, 0) is 25.8 Å². The smallest absolute Gasteiger partial charge is 0.237 e. The van der Waals surface area contributed by atoms with E-state index in [9.17, 15) is 4.79 Å². The van der Waals surface area contributed by atoms with Crippen molar-refractivity contribution in [1.29, 1.82) is 0 Å². The minimum atomic E-state index is -0.0807. The fourth-order valence-electron chi connectivity index (χ4n) is 3.07. The van der Waals surface area contributed by atoms with Crippen LogP contribution in [0.25, 0.3) is 0 Å². The van der Waals surface area contributed by atoms with Crippen LogP contribution in [0, 0.1) is 0 Å². The van der Waals surface area contributed by atoms with Gasteiger partial charge in [-0.2, -0.15) is 5.10 Å². The molecule has 1 amide bonds. The van der Waals surface area contributed by atoms with Crippen molar-refractivity contribution in [3.05, 3.63) is 18.0 Å². The highest BCUT2D eigenvalue weighted by molar-refractivity contribution is 5.81. The van der Waals surface area contributed by atoms with Gasteiger partial charge in [-0.1, -0.05) is 6.92 Å². The van der Waals surface area contributed by atoms with E-state index < -0.39 is 0 Å². The van der Waals surface area contributed by atoms with E-state index in [0.29, 0.717) is 0 Å². The standard InChI is InChI=1S/C14H25N5O/c1-4-11(15)13(10-8-17-18(3)9-10)19-7-5-6-12(19)14(20)16-2/h8-9,11-13H,4-7,15H2,1-3H3,(H,16,20). The Kier molecular flexibility index (Phi) is 4.77. The van der Waals surface area contributed by atoms with Crippen molar-refractivity contribution in [2.45, 2.75) is 44.3 Å². The van der Waals surface area contributed by atoms with Crippen LogP contribution in [-0.2, 0) is 11.8 Å². The van der Waals surface area contributed by atoms with Crippen LogP contribution in [-0.4, -0.2) is 46.3 Å². The maximum atomic E-state index is 12.1. The number of rotatable bonds is 5. The van der Waals surface area contributed by atoms with Crippen LogP contribution in [0.2, 0.25) is 0 Å². The fourth-order valence-corrected chi connectivity index (χ4v) is 3.07. The lowest BCUT2D eigenvalue weighted by molar-refractivity contribution is -0.125. The average Bonchev–Trinajstić information content (AvgIpc) is 3.08. The zero-order valence-electron chi connectivity index (χ0n) is 12.5. The Hall–Kier alpha value is -1.40. The summed E-state index contributed by atoms with van der Waals surface area (Å²) >= 11 is 0. The second-order valence-electron chi connectivity index (χ2n) is 5.47. The number of likely N-dealkylation sites (tertiary alicyclic amines) is 1. The van der Waals surface area contributed by atoms with E-state index in [1.54, 1.807) is 11.7 Å². The van der Waals surface area contributed by atoms with Gasteiger partial charge in [0.1, 0.15) is 0 Å². The van der Waals surface area contributed by atoms with E-state index >= 15 is 0 Å². The maximum absolute atomic E-state index is 12.1. The van der Waals surface area contributed by atoms with Crippen molar-refractivity contribution in [3.8, 4) is 0 Å². The summed E-state index contributed by atoms with van der Waals surface area (Å²) < 4.78 is 1.79. The van der Waals surface area contributed by atoms with E-state index in [4.69, 9.17) is 5.73 Å². The molecule has 1 aromatic rings. The molecular weight excluding hydrogens is 254 g/mol. The van der Waals surface area contributed by atoms with Crippen molar-refractivity contribution in [3.63, 3.8) is 0 Å². The van der Waals surface area contributed by atoms with Crippen LogP contribution in [0.3, 0.4) is 0 Å². The first-order valence-electron chi connectivity index (χ1n) is 7.30. The van der Waals surface area contributed by atoms with Gasteiger partial charge in [0.2, 0.25) is 5.91 Å². The molecular formula is C14H25N5O. The molecule has 112 valence electrons. The zero-order valence-corrected chi connectivity index (χ0v) is 12.5. The number of nitrogens with one attached hydrogen (secondary N) is 1. The van der Waals surface area contributed by atoms with Crippen LogP contribution in [0.4, 0.5) is 0 Å². The van der Waals surface area contributed by atoms with Crippen LogP contribution >= 0.6 is 0 Å². The summed E-state index contributed by atoms with van der Waals surface area (Å²) in [6.07, 6.45) is 6.66. The zero-order chi connectivity index (χ0) is 14.7. The Morgan fingerprint density at radius 2 is 2.40 bits per heavy atom. The lowest BCUT2D eigenvalue weighted by atomic mass is 9.98. The summed E-state index contributed by atoms with van der Waals surface area (Å²) in [5.74, 6) is 0.0830. The maximum Gasteiger partial charge on any atom is 0.237 e. The van der Waals surface area contributed by atoms with Crippen molar-refractivity contribution in [2.75, 3.05) is 13.6 Å². The second kappa shape index (κ2) is 6.37. The van der Waals surface area contributed by atoms with Gasteiger partial charge in [-0.15, -0.1) is 0 Å². The number of carbonyl (C=O) groups is 1. The number of aromatic nitrogens is 2. The Balaban J connectivity index is 2.28. The van der Waals surface area contributed by atoms with Gasteiger partial charge in [0.05, 0.1) is 18.3 Å². The third-order valence-electron chi connectivity index (χ3n) is 4.14. The quantitative estimate of drug-likeness (QED) is 0.818. The van der Waals surface area contributed by atoms with Crippen LogP contribution in [0.15, 0.2) is 12.4 Å². The highest BCUT2D eigenvalue weighted by Gasteiger charge is 2.38. The molecule has 6 nitrogen and oxygen atoms in total. The molecule has 1 fully saturated rings. The third kappa shape index (κ3) is 2.86. The van der Waals surface area contributed by atoms with Gasteiger partial charge in [0.25, 0.3) is 0 Å². The van der Waals surface area contributed by atoms with E-state index in [1.165, 1.54) is 0 Å². The van der Waals surface area contributed by atoms with Gasteiger partial charge in [0.15, 0.2) is 0 Å². The highest BCUT2D eigenvalue weighted by Crippen LogP contribution is 2.32. The van der Waals surface area contributed by atoms with Crippen molar-refractivity contribution >= 4 is 5.91 Å². The summed E-state index contributed by atoms with van der Waals surface area (Å²) in [4.78, 5) is 14.3. The largest absolute Gasteiger partial charge is 0.358 e. The van der Waals surface area contributed by atoms with Crippen molar-refractivity contribution < 1.29 is 4.79 Å². The van der Waals surface area contributed by atoms with Gasteiger partial charge < -0.3 is 11.1 Å². The Morgan fingerprint density at radius 1 is 1.65 bits per heavy atom. The minimum absolute atomic E-state index is 0.00413. The summed E-state index contributed by atoms with van der Waals surface area (Å²) in [6, 6.07) is -0.0224. The van der Waals surface area contributed by atoms with Crippen molar-refractivity contribution in [2.24, 2.45) is 12.8 Å². The number of hydrogen-bond donors (Lipinski definition) is 2. The number of aryl methyl sites for hydroxylation is 1. The fraction of sp³-hybridized carbons (Fsp3) is 0.714. The molecule has 2 heterocycles. The molecule has 1 saturated heterocycles. The summed E-state index contributed by atoms with van der Waals surface area (Å²) in [5, 5.41) is 7.01. The lowest BCUT2D eigenvalue weighted by Gasteiger charge is -2.35. The molecule has 1 aliphatic rings. The first-order chi connectivity index (χ1) is 9.58. The van der Waals surface area contributed by atoms with E-state index in [2.05, 4.69) is 22.2 Å². The van der Waals surface area contributed by atoms with E-state index in [-0.39, 0.29) is 24.0 Å². The Labute approximate surface area is 120 Å². The molecule has 0 bridgehead atoms. The normalized spacial score (nSPS) is 22.7. The molecule has 2 rings (SSSR count). The van der Waals surface area contributed by atoms with Crippen LogP contribution in [0.1, 0.15) is 37.8 Å². The Bertz CT molecular complexity index is 458.